The van der Waals surface area contributed by atoms with Crippen LogP contribution in [0.15, 0.2) is 29.3 Å². The third-order valence-electron chi connectivity index (χ3n) is 6.97. The third kappa shape index (κ3) is 5.36. The number of nitrogens with one attached hydrogen (secondary N) is 1. The Balaban J connectivity index is 1.30. The van der Waals surface area contributed by atoms with Gasteiger partial charge in [0.1, 0.15) is 0 Å². The Hall–Kier alpha value is -1.59. The Bertz CT molecular complexity index is 702. The zero-order valence-corrected chi connectivity index (χ0v) is 18.9. The van der Waals surface area contributed by atoms with Gasteiger partial charge < -0.3 is 19.7 Å². The van der Waals surface area contributed by atoms with Crippen LogP contribution < -0.4 is 5.32 Å². The van der Waals surface area contributed by atoms with Crippen LogP contribution in [0.5, 0.6) is 0 Å². The summed E-state index contributed by atoms with van der Waals surface area (Å²) in [6, 6.07) is 8.83. The summed E-state index contributed by atoms with van der Waals surface area (Å²) in [7, 11) is 0. The van der Waals surface area contributed by atoms with E-state index < -0.39 is 0 Å². The maximum atomic E-state index is 6.19. The van der Waals surface area contributed by atoms with Crippen molar-refractivity contribution in [2.75, 3.05) is 39.4 Å². The zero-order chi connectivity index (χ0) is 20.8. The van der Waals surface area contributed by atoms with Crippen molar-refractivity contribution in [1.82, 2.24) is 10.2 Å². The molecule has 3 fully saturated rings. The lowest BCUT2D eigenvalue weighted by molar-refractivity contribution is -0.0721. The molecule has 3 aliphatic rings. The number of hydrogen-bond acceptors (Lipinski definition) is 3. The topological polar surface area (TPSA) is 46.1 Å². The van der Waals surface area contributed by atoms with Crippen molar-refractivity contribution in [2.24, 2.45) is 4.99 Å². The van der Waals surface area contributed by atoms with Gasteiger partial charge in [0.05, 0.1) is 25.4 Å². The number of hydrogen-bond donors (Lipinski definition) is 1. The number of guanidine groups is 1. The van der Waals surface area contributed by atoms with Crippen LogP contribution in [0, 0.1) is 6.92 Å². The SMILES string of the molecule is CCNC(=NCC1(c2ccccc2C)CC1)N1CCC(OCC2CCCCO2)CC1. The molecule has 5 nitrogen and oxygen atoms in total. The van der Waals surface area contributed by atoms with E-state index in [1.54, 1.807) is 0 Å². The lowest BCUT2D eigenvalue weighted by Gasteiger charge is -2.35. The normalized spacial score (nSPS) is 24.7. The van der Waals surface area contributed by atoms with E-state index in [2.05, 4.69) is 48.3 Å². The van der Waals surface area contributed by atoms with Gasteiger partial charge in [0, 0.05) is 31.7 Å². The van der Waals surface area contributed by atoms with Crippen LogP contribution in [0.2, 0.25) is 0 Å². The highest BCUT2D eigenvalue weighted by Gasteiger charge is 2.45. The number of piperidine rings is 1. The number of aliphatic imine (C=N–C) groups is 1. The van der Waals surface area contributed by atoms with Gasteiger partial charge in [-0.25, -0.2) is 0 Å². The van der Waals surface area contributed by atoms with Gasteiger partial charge in [0.25, 0.3) is 0 Å². The van der Waals surface area contributed by atoms with Crippen molar-refractivity contribution in [2.45, 2.75) is 76.4 Å². The first-order valence-corrected chi connectivity index (χ1v) is 12.0. The fourth-order valence-electron chi connectivity index (χ4n) is 4.90. The van der Waals surface area contributed by atoms with Gasteiger partial charge in [0.15, 0.2) is 5.96 Å². The number of benzene rings is 1. The largest absolute Gasteiger partial charge is 0.376 e. The number of nitrogens with zero attached hydrogens (tertiary/aromatic N) is 2. The van der Waals surface area contributed by atoms with Crippen molar-refractivity contribution in [1.29, 1.82) is 0 Å². The van der Waals surface area contributed by atoms with E-state index in [1.165, 1.54) is 36.8 Å². The van der Waals surface area contributed by atoms with Crippen LogP contribution in [0.1, 0.15) is 63.0 Å². The minimum absolute atomic E-state index is 0.257. The number of aryl methyl sites for hydroxylation is 1. The Morgan fingerprint density at radius 3 is 2.67 bits per heavy atom. The van der Waals surface area contributed by atoms with E-state index in [4.69, 9.17) is 14.5 Å². The summed E-state index contributed by atoms with van der Waals surface area (Å²) >= 11 is 0. The lowest BCUT2D eigenvalue weighted by Crippen LogP contribution is -2.47. The van der Waals surface area contributed by atoms with Crippen LogP contribution in [-0.2, 0) is 14.9 Å². The smallest absolute Gasteiger partial charge is 0.193 e. The minimum Gasteiger partial charge on any atom is -0.376 e. The quantitative estimate of drug-likeness (QED) is 0.541. The van der Waals surface area contributed by atoms with Crippen LogP contribution in [0.25, 0.3) is 0 Å². The molecule has 0 spiro atoms. The molecule has 0 amide bonds. The standard InChI is InChI=1S/C25H39N3O2/c1-3-26-24(27-19-25(13-14-25)23-10-5-4-8-20(23)2)28-15-11-21(12-16-28)30-18-22-9-6-7-17-29-22/h4-5,8,10,21-22H,3,6-7,9,11-19H2,1-2H3,(H,26,27). The molecule has 0 aromatic heterocycles. The van der Waals surface area contributed by atoms with Gasteiger partial charge in [0.2, 0.25) is 0 Å². The molecule has 2 heterocycles. The Morgan fingerprint density at radius 2 is 2.00 bits per heavy atom. The number of ether oxygens (including phenoxy) is 2. The van der Waals surface area contributed by atoms with Gasteiger partial charge in [-0.3, -0.25) is 4.99 Å². The molecule has 2 aliphatic heterocycles. The van der Waals surface area contributed by atoms with Gasteiger partial charge in [-0.1, -0.05) is 24.3 Å². The fraction of sp³-hybridized carbons (Fsp3) is 0.720. The first kappa shape index (κ1) is 21.6. The summed E-state index contributed by atoms with van der Waals surface area (Å²) in [4.78, 5) is 7.53. The van der Waals surface area contributed by atoms with Gasteiger partial charge >= 0.3 is 0 Å². The Labute approximate surface area is 182 Å². The van der Waals surface area contributed by atoms with Gasteiger partial charge in [-0.15, -0.1) is 0 Å². The molecule has 5 heteroatoms. The molecule has 4 rings (SSSR count). The first-order valence-electron chi connectivity index (χ1n) is 12.0. The van der Waals surface area contributed by atoms with E-state index in [0.717, 1.165) is 64.6 Å². The van der Waals surface area contributed by atoms with Crippen molar-refractivity contribution in [3.8, 4) is 0 Å². The highest BCUT2D eigenvalue weighted by molar-refractivity contribution is 5.80. The molecule has 1 aromatic rings. The van der Waals surface area contributed by atoms with Crippen LogP contribution in [0.4, 0.5) is 0 Å². The van der Waals surface area contributed by atoms with Gasteiger partial charge in [-0.2, -0.15) is 0 Å². The molecule has 30 heavy (non-hydrogen) atoms. The molecule has 1 aliphatic carbocycles. The molecule has 0 bridgehead atoms. The van der Waals surface area contributed by atoms with E-state index in [9.17, 15) is 0 Å². The highest BCUT2D eigenvalue weighted by atomic mass is 16.5. The van der Waals surface area contributed by atoms with Crippen molar-refractivity contribution >= 4 is 5.96 Å². The maximum absolute atomic E-state index is 6.19. The van der Waals surface area contributed by atoms with Gasteiger partial charge in [-0.05, 0) is 69.9 Å². The summed E-state index contributed by atoms with van der Waals surface area (Å²) in [5.41, 5.74) is 3.14. The van der Waals surface area contributed by atoms with E-state index in [-0.39, 0.29) is 5.41 Å². The molecule has 166 valence electrons. The predicted octanol–water partition coefficient (Wildman–Crippen LogP) is 4.04. The van der Waals surface area contributed by atoms with Crippen molar-refractivity contribution in [3.05, 3.63) is 35.4 Å². The van der Waals surface area contributed by atoms with Crippen LogP contribution in [-0.4, -0.2) is 62.5 Å². The number of likely N-dealkylation sites (tertiary alicyclic amines) is 1. The fourth-order valence-corrected chi connectivity index (χ4v) is 4.90. The second kappa shape index (κ2) is 10.1. The average Bonchev–Trinajstić information content (AvgIpc) is 3.57. The Kier molecular flexibility index (Phi) is 7.32. The Morgan fingerprint density at radius 1 is 1.20 bits per heavy atom. The summed E-state index contributed by atoms with van der Waals surface area (Å²) in [5.74, 6) is 1.08. The molecule has 2 saturated heterocycles. The van der Waals surface area contributed by atoms with Crippen molar-refractivity contribution < 1.29 is 9.47 Å². The second-order valence-corrected chi connectivity index (χ2v) is 9.27. The summed E-state index contributed by atoms with van der Waals surface area (Å²) in [6.07, 6.45) is 8.94. The van der Waals surface area contributed by atoms with E-state index in [0.29, 0.717) is 12.2 Å². The average molecular weight is 414 g/mol. The van der Waals surface area contributed by atoms with Crippen LogP contribution in [0.3, 0.4) is 0 Å². The molecule has 1 N–H and O–H groups in total. The molecule has 1 atom stereocenters. The molecular formula is C25H39N3O2. The summed E-state index contributed by atoms with van der Waals surface area (Å²) in [6.45, 7) is 9.87. The van der Waals surface area contributed by atoms with E-state index >= 15 is 0 Å². The third-order valence-corrected chi connectivity index (χ3v) is 6.97. The second-order valence-electron chi connectivity index (χ2n) is 9.27. The number of rotatable bonds is 7. The molecule has 0 radical (unpaired) electrons. The summed E-state index contributed by atoms with van der Waals surface area (Å²) in [5, 5.41) is 3.53. The highest BCUT2D eigenvalue weighted by Crippen LogP contribution is 2.49. The maximum Gasteiger partial charge on any atom is 0.193 e. The molecular weight excluding hydrogens is 374 g/mol. The monoisotopic (exact) mass is 413 g/mol. The lowest BCUT2D eigenvalue weighted by atomic mass is 9.92. The van der Waals surface area contributed by atoms with Crippen molar-refractivity contribution in [3.63, 3.8) is 0 Å². The zero-order valence-electron chi connectivity index (χ0n) is 18.9. The first-order chi connectivity index (χ1) is 14.7. The van der Waals surface area contributed by atoms with E-state index in [1.807, 2.05) is 0 Å². The molecule has 1 unspecified atom stereocenters. The minimum atomic E-state index is 0.257. The predicted molar refractivity (Wildman–Crippen MR) is 122 cm³/mol. The van der Waals surface area contributed by atoms with Crippen LogP contribution >= 0.6 is 0 Å². The molecule has 1 aromatic carbocycles. The molecule has 1 saturated carbocycles. The summed E-state index contributed by atoms with van der Waals surface area (Å²) < 4.78 is 12.0.